The molecule has 4 heteroatoms. The van der Waals surface area contributed by atoms with E-state index in [4.69, 9.17) is 4.98 Å². The Morgan fingerprint density at radius 2 is 1.26 bits per heavy atom. The lowest BCUT2D eigenvalue weighted by Crippen LogP contribution is -2.32. The Morgan fingerprint density at radius 1 is 0.717 bits per heavy atom. The molecule has 46 heavy (non-hydrogen) atoms. The molecule has 6 rings (SSSR count). The van der Waals surface area contributed by atoms with Crippen LogP contribution in [0.3, 0.4) is 0 Å². The van der Waals surface area contributed by atoms with Crippen molar-refractivity contribution in [3.8, 4) is 17.1 Å². The molecule has 0 amide bonds. The summed E-state index contributed by atoms with van der Waals surface area (Å²) in [6, 6.07) is 33.4. The van der Waals surface area contributed by atoms with E-state index in [1.807, 2.05) is 12.1 Å². The van der Waals surface area contributed by atoms with Gasteiger partial charge >= 0.3 is 0 Å². The summed E-state index contributed by atoms with van der Waals surface area (Å²) in [6.07, 6.45) is 3.61. The van der Waals surface area contributed by atoms with Crippen LogP contribution < -0.4 is 4.90 Å². The van der Waals surface area contributed by atoms with Crippen LogP contribution in [0.4, 0.5) is 17.1 Å². The molecule has 234 valence electrons. The Kier molecular flexibility index (Phi) is 7.67. The number of aliphatic imine (C=N–C) groups is 1. The number of para-hydroxylation sites is 1. The van der Waals surface area contributed by atoms with E-state index in [9.17, 15) is 0 Å². The molecule has 0 saturated heterocycles. The molecular formula is C42H46N4. The van der Waals surface area contributed by atoms with Gasteiger partial charge in [0.2, 0.25) is 0 Å². The summed E-state index contributed by atoms with van der Waals surface area (Å²) in [7, 11) is 0. The van der Waals surface area contributed by atoms with Crippen LogP contribution in [0, 0.1) is 6.92 Å². The summed E-state index contributed by atoms with van der Waals surface area (Å²) in [4.78, 5) is 11.4. The average molecular weight is 607 g/mol. The van der Waals surface area contributed by atoms with E-state index < -0.39 is 0 Å². The van der Waals surface area contributed by atoms with E-state index in [-0.39, 0.29) is 16.2 Å². The minimum Gasteiger partial charge on any atom is -0.310 e. The highest BCUT2D eigenvalue weighted by molar-refractivity contribution is 5.87. The molecule has 4 nitrogen and oxygen atoms in total. The molecule has 0 saturated carbocycles. The molecule has 1 aliphatic rings. The van der Waals surface area contributed by atoms with E-state index in [1.165, 1.54) is 33.6 Å². The van der Waals surface area contributed by atoms with Gasteiger partial charge in [-0.3, -0.25) is 9.56 Å². The number of nitrogens with zero attached hydrogens (tertiary/aromatic N) is 4. The molecule has 0 radical (unpaired) electrons. The van der Waals surface area contributed by atoms with E-state index in [1.54, 1.807) is 6.20 Å². The van der Waals surface area contributed by atoms with Crippen LogP contribution in [-0.4, -0.2) is 16.3 Å². The van der Waals surface area contributed by atoms with Crippen molar-refractivity contribution < 1.29 is 0 Å². The summed E-state index contributed by atoms with van der Waals surface area (Å²) in [6.45, 7) is 24.2. The number of imidazole rings is 1. The topological polar surface area (TPSA) is 33.4 Å². The number of anilines is 3. The lowest BCUT2D eigenvalue weighted by molar-refractivity contribution is 0.573. The Morgan fingerprint density at radius 3 is 1.76 bits per heavy atom. The van der Waals surface area contributed by atoms with Crippen LogP contribution >= 0.6 is 0 Å². The highest BCUT2D eigenvalue weighted by atomic mass is 15.2. The Balaban J connectivity index is 1.52. The molecule has 0 aliphatic carbocycles. The van der Waals surface area contributed by atoms with E-state index in [2.05, 4.69) is 168 Å². The van der Waals surface area contributed by atoms with Crippen molar-refractivity contribution >= 4 is 29.9 Å². The third kappa shape index (κ3) is 5.40. The molecule has 1 aromatic heterocycles. The maximum absolute atomic E-state index is 5.07. The van der Waals surface area contributed by atoms with Gasteiger partial charge < -0.3 is 4.90 Å². The largest absolute Gasteiger partial charge is 0.310 e. The van der Waals surface area contributed by atoms with Gasteiger partial charge in [-0.05, 0) is 101 Å². The lowest BCUT2D eigenvalue weighted by atomic mass is 9.70. The predicted octanol–water partition coefficient (Wildman–Crippen LogP) is 11.2. The van der Waals surface area contributed by atoms with Gasteiger partial charge in [-0.25, -0.2) is 4.98 Å². The summed E-state index contributed by atoms with van der Waals surface area (Å²) >= 11 is 0. The van der Waals surface area contributed by atoms with Gasteiger partial charge in [0, 0.05) is 34.2 Å². The lowest BCUT2D eigenvalue weighted by Gasteiger charge is -2.43. The first-order valence-corrected chi connectivity index (χ1v) is 16.2. The standard InChI is InChI=1S/C42H46N4/c1-28-36(24-25-43-10)44-39(45(28)32-14-12-11-13-15-32)29-16-20-33(21-17-29)46-37-22-18-30(40(2,3)4)26-34(37)42(8,9)35-27-31(41(5,6)7)19-23-38(35)46/h11-27H,10H2,1-9H3/b25-24-. The van der Waals surface area contributed by atoms with Gasteiger partial charge in [-0.1, -0.05) is 97.9 Å². The summed E-state index contributed by atoms with van der Waals surface area (Å²) in [5.41, 5.74) is 13.0. The van der Waals surface area contributed by atoms with Gasteiger partial charge in [0.15, 0.2) is 0 Å². The van der Waals surface area contributed by atoms with Gasteiger partial charge in [-0.15, -0.1) is 0 Å². The van der Waals surface area contributed by atoms with Crippen molar-refractivity contribution in [2.24, 2.45) is 4.99 Å². The Labute approximate surface area is 275 Å². The number of hydrogen-bond acceptors (Lipinski definition) is 3. The first-order chi connectivity index (χ1) is 21.7. The summed E-state index contributed by atoms with van der Waals surface area (Å²) in [5.74, 6) is 0.893. The highest BCUT2D eigenvalue weighted by Crippen LogP contribution is 2.53. The number of hydrogen-bond donors (Lipinski definition) is 0. The summed E-state index contributed by atoms with van der Waals surface area (Å²) in [5, 5.41) is 0. The molecule has 2 heterocycles. The molecule has 0 unspecified atom stereocenters. The predicted molar refractivity (Wildman–Crippen MR) is 197 cm³/mol. The number of fused-ring (bicyclic) bond motifs is 2. The quantitative estimate of drug-likeness (QED) is 0.187. The first-order valence-electron chi connectivity index (χ1n) is 16.2. The van der Waals surface area contributed by atoms with E-state index >= 15 is 0 Å². The molecule has 0 bridgehead atoms. The second-order valence-electron chi connectivity index (χ2n) is 15.0. The zero-order chi connectivity index (χ0) is 33.0. The van der Waals surface area contributed by atoms with E-state index in [0.717, 1.165) is 34.2 Å². The zero-order valence-corrected chi connectivity index (χ0v) is 28.8. The van der Waals surface area contributed by atoms with Crippen molar-refractivity contribution in [3.63, 3.8) is 0 Å². The van der Waals surface area contributed by atoms with Crippen LogP contribution in [0.15, 0.2) is 102 Å². The monoisotopic (exact) mass is 606 g/mol. The fourth-order valence-corrected chi connectivity index (χ4v) is 6.60. The molecular weight excluding hydrogens is 560 g/mol. The smallest absolute Gasteiger partial charge is 0.145 e. The molecule has 0 fully saturated rings. The van der Waals surface area contributed by atoms with E-state index in [0.29, 0.717) is 0 Å². The first kappa shape index (κ1) is 31.3. The van der Waals surface area contributed by atoms with Crippen LogP contribution in [-0.2, 0) is 16.2 Å². The molecule has 0 atom stereocenters. The van der Waals surface area contributed by atoms with Crippen molar-refractivity contribution in [1.82, 2.24) is 9.55 Å². The average Bonchev–Trinajstić information content (AvgIpc) is 3.35. The molecule has 5 aromatic rings. The van der Waals surface area contributed by atoms with Crippen LogP contribution in [0.25, 0.3) is 23.2 Å². The molecule has 0 spiro atoms. The van der Waals surface area contributed by atoms with Gasteiger partial charge in [-0.2, -0.15) is 0 Å². The van der Waals surface area contributed by atoms with Crippen LogP contribution in [0.5, 0.6) is 0 Å². The van der Waals surface area contributed by atoms with Crippen LogP contribution in [0.2, 0.25) is 0 Å². The third-order valence-corrected chi connectivity index (χ3v) is 9.43. The second kappa shape index (κ2) is 11.3. The zero-order valence-electron chi connectivity index (χ0n) is 28.8. The number of rotatable bonds is 5. The summed E-state index contributed by atoms with van der Waals surface area (Å²) < 4.78 is 2.22. The fraction of sp³-hybridized carbons (Fsp3) is 0.286. The van der Waals surface area contributed by atoms with Crippen molar-refractivity contribution in [2.45, 2.75) is 78.6 Å². The van der Waals surface area contributed by atoms with Gasteiger partial charge in [0.05, 0.1) is 17.1 Å². The number of aromatic nitrogens is 2. The van der Waals surface area contributed by atoms with Gasteiger partial charge in [0.25, 0.3) is 0 Å². The normalized spacial score (nSPS) is 14.3. The Bertz CT molecular complexity index is 1870. The maximum atomic E-state index is 5.07. The van der Waals surface area contributed by atoms with Crippen molar-refractivity contribution in [2.75, 3.05) is 4.90 Å². The molecule has 0 N–H and O–H groups in total. The molecule has 1 aliphatic heterocycles. The Hall–Kier alpha value is -4.70. The fourth-order valence-electron chi connectivity index (χ4n) is 6.60. The van der Waals surface area contributed by atoms with Gasteiger partial charge in [0.1, 0.15) is 5.82 Å². The highest BCUT2D eigenvalue weighted by Gasteiger charge is 2.38. The van der Waals surface area contributed by atoms with Crippen molar-refractivity contribution in [3.05, 3.63) is 131 Å². The minimum atomic E-state index is -0.161. The minimum absolute atomic E-state index is 0.0553. The van der Waals surface area contributed by atoms with Crippen LogP contribution in [0.1, 0.15) is 89.0 Å². The second-order valence-corrected chi connectivity index (χ2v) is 15.0. The maximum Gasteiger partial charge on any atom is 0.145 e. The molecule has 4 aromatic carbocycles. The third-order valence-electron chi connectivity index (χ3n) is 9.43. The SMILES string of the molecule is C=N/C=C\c1nc(-c2ccc(N3c4ccc(C(C)(C)C)cc4C(C)(C)c4cc(C(C)(C)C)ccc43)cc2)n(-c2ccccc2)c1C. The van der Waals surface area contributed by atoms with Crippen molar-refractivity contribution in [1.29, 1.82) is 0 Å². The number of benzene rings is 4.